The molecule has 0 aromatic carbocycles. The number of nitrogens with zero attached hydrogens (tertiary/aromatic N) is 5. The number of aromatic nitrogens is 4. The number of fused-ring (bicyclic) bond motifs is 1. The molecule has 178 valence electrons. The molecule has 1 amide bonds. The second kappa shape index (κ2) is 8.45. The van der Waals surface area contributed by atoms with Gasteiger partial charge in [0.05, 0.1) is 29.0 Å². The van der Waals surface area contributed by atoms with Gasteiger partial charge in [0.2, 0.25) is 5.91 Å². The highest BCUT2D eigenvalue weighted by atomic mass is 19.4. The van der Waals surface area contributed by atoms with E-state index in [1.165, 1.54) is 11.7 Å². The van der Waals surface area contributed by atoms with E-state index in [2.05, 4.69) is 20.7 Å². The Morgan fingerprint density at radius 2 is 2.09 bits per heavy atom. The maximum atomic E-state index is 13.1. The smallest absolute Gasteiger partial charge is 0.343 e. The highest BCUT2D eigenvalue weighted by Crippen LogP contribution is 2.29. The molecule has 11 heteroatoms. The van der Waals surface area contributed by atoms with Crippen molar-refractivity contribution in [3.63, 3.8) is 0 Å². The molecule has 0 aliphatic carbocycles. The maximum absolute atomic E-state index is 13.1. The van der Waals surface area contributed by atoms with E-state index in [0.717, 1.165) is 23.0 Å². The number of carbonyl (C=O) groups is 1. The minimum absolute atomic E-state index is 0.185. The summed E-state index contributed by atoms with van der Waals surface area (Å²) in [4.78, 5) is 19.6. The Kier molecular flexibility index (Phi) is 5.95. The van der Waals surface area contributed by atoms with Crippen molar-refractivity contribution >= 4 is 11.4 Å². The first kappa shape index (κ1) is 23.2. The molecule has 1 fully saturated rings. The lowest BCUT2D eigenvalue weighted by atomic mass is 10.0. The van der Waals surface area contributed by atoms with Gasteiger partial charge in [-0.15, -0.1) is 0 Å². The average molecular weight is 464 g/mol. The number of amides is 1. The molecule has 1 aliphatic rings. The summed E-state index contributed by atoms with van der Waals surface area (Å²) in [7, 11) is 1.50. The number of halogens is 3. The minimum atomic E-state index is -4.48. The van der Waals surface area contributed by atoms with Crippen LogP contribution in [0.5, 0.6) is 0 Å². The molecular weight excluding hydrogens is 435 g/mol. The zero-order valence-corrected chi connectivity index (χ0v) is 19.1. The molecule has 0 radical (unpaired) electrons. The number of hydrogen-bond donors (Lipinski definition) is 2. The summed E-state index contributed by atoms with van der Waals surface area (Å²) in [5.74, 6) is 0.534. The molecule has 1 atom stereocenters. The van der Waals surface area contributed by atoms with Gasteiger partial charge in [0.1, 0.15) is 5.82 Å². The van der Waals surface area contributed by atoms with Gasteiger partial charge in [-0.3, -0.25) is 14.4 Å². The maximum Gasteiger partial charge on any atom is 0.435 e. The van der Waals surface area contributed by atoms with Gasteiger partial charge in [0.25, 0.3) is 0 Å². The number of nitrogens with one attached hydrogen (secondary N) is 2. The SMILES string of the molecule is Cc1cccn2c(C(C)(C)NC(=O)[C@@H]3CN(Cc4cc(C(F)(F)F)nn4C)CCN3)ncc12. The predicted octanol–water partition coefficient (Wildman–Crippen LogP) is 2.22. The molecule has 33 heavy (non-hydrogen) atoms. The first-order chi connectivity index (χ1) is 15.5. The van der Waals surface area contributed by atoms with Crippen molar-refractivity contribution in [3.05, 3.63) is 53.4 Å². The van der Waals surface area contributed by atoms with Crippen molar-refractivity contribution in [1.82, 2.24) is 34.7 Å². The van der Waals surface area contributed by atoms with E-state index in [4.69, 9.17) is 0 Å². The summed E-state index contributed by atoms with van der Waals surface area (Å²) in [5, 5.41) is 9.86. The summed E-state index contributed by atoms with van der Waals surface area (Å²) < 4.78 is 42.1. The van der Waals surface area contributed by atoms with Gasteiger partial charge < -0.3 is 15.0 Å². The molecular formula is C22H28F3N7O. The number of rotatable bonds is 5. The summed E-state index contributed by atoms with van der Waals surface area (Å²) in [6.45, 7) is 7.62. The first-order valence-electron chi connectivity index (χ1n) is 10.8. The van der Waals surface area contributed by atoms with Crippen LogP contribution < -0.4 is 10.6 Å². The minimum Gasteiger partial charge on any atom is -0.343 e. The molecule has 0 spiro atoms. The van der Waals surface area contributed by atoms with Crippen LogP contribution in [0, 0.1) is 6.92 Å². The van der Waals surface area contributed by atoms with Crippen LogP contribution in [0.25, 0.3) is 5.52 Å². The zero-order chi connectivity index (χ0) is 24.0. The standard InChI is InChI=1S/C22H28F3N7O/c1-14-6-5-8-32-17(14)11-27-20(32)21(2,3)28-19(33)16-13-31(9-7-26-16)12-15-10-18(22(23,24)25)29-30(15)4/h5-6,8,10-11,16,26H,7,9,12-13H2,1-4H3,(H,28,33)/t16-/m0/s1. The topological polar surface area (TPSA) is 79.5 Å². The number of pyridine rings is 1. The summed E-state index contributed by atoms with van der Waals surface area (Å²) in [6, 6.07) is 4.51. The van der Waals surface area contributed by atoms with Crippen molar-refractivity contribution in [3.8, 4) is 0 Å². The average Bonchev–Trinajstić information content (AvgIpc) is 3.33. The molecule has 4 rings (SSSR count). The Bertz CT molecular complexity index is 1160. The molecule has 0 bridgehead atoms. The van der Waals surface area contributed by atoms with E-state index in [1.807, 2.05) is 48.4 Å². The van der Waals surface area contributed by atoms with E-state index in [9.17, 15) is 18.0 Å². The van der Waals surface area contributed by atoms with Crippen LogP contribution in [-0.4, -0.2) is 55.6 Å². The van der Waals surface area contributed by atoms with Gasteiger partial charge in [-0.1, -0.05) is 6.07 Å². The number of alkyl halides is 3. The van der Waals surface area contributed by atoms with Crippen LogP contribution in [0.3, 0.4) is 0 Å². The highest BCUT2D eigenvalue weighted by Gasteiger charge is 2.36. The van der Waals surface area contributed by atoms with Crippen molar-refractivity contribution in [1.29, 1.82) is 0 Å². The van der Waals surface area contributed by atoms with Gasteiger partial charge in [-0.2, -0.15) is 18.3 Å². The first-order valence-corrected chi connectivity index (χ1v) is 10.8. The van der Waals surface area contributed by atoms with Crippen LogP contribution in [0.1, 0.15) is 36.6 Å². The Balaban J connectivity index is 1.44. The Morgan fingerprint density at radius 1 is 1.33 bits per heavy atom. The van der Waals surface area contributed by atoms with Crippen LogP contribution in [-0.2, 0) is 30.1 Å². The second-order valence-corrected chi connectivity index (χ2v) is 9.03. The monoisotopic (exact) mass is 463 g/mol. The van der Waals surface area contributed by atoms with Crippen molar-refractivity contribution in [2.24, 2.45) is 7.05 Å². The highest BCUT2D eigenvalue weighted by molar-refractivity contribution is 5.83. The fraction of sp³-hybridized carbons (Fsp3) is 0.500. The van der Waals surface area contributed by atoms with E-state index in [-0.39, 0.29) is 12.5 Å². The molecule has 0 saturated carbocycles. The fourth-order valence-electron chi connectivity index (χ4n) is 4.23. The largest absolute Gasteiger partial charge is 0.435 e. The summed E-state index contributed by atoms with van der Waals surface area (Å²) in [6.07, 6.45) is -0.770. The van der Waals surface area contributed by atoms with Gasteiger partial charge in [-0.05, 0) is 38.5 Å². The van der Waals surface area contributed by atoms with Crippen LogP contribution in [0.2, 0.25) is 0 Å². The van der Waals surface area contributed by atoms with Crippen molar-refractivity contribution in [2.75, 3.05) is 19.6 Å². The van der Waals surface area contributed by atoms with Gasteiger partial charge >= 0.3 is 6.18 Å². The fourth-order valence-corrected chi connectivity index (χ4v) is 4.23. The quantitative estimate of drug-likeness (QED) is 0.607. The van der Waals surface area contributed by atoms with E-state index >= 15 is 0 Å². The third-order valence-electron chi connectivity index (χ3n) is 6.01. The number of hydrogen-bond acceptors (Lipinski definition) is 5. The molecule has 8 nitrogen and oxygen atoms in total. The van der Waals surface area contributed by atoms with Gasteiger partial charge in [0, 0.05) is 39.4 Å². The van der Waals surface area contributed by atoms with Crippen molar-refractivity contribution < 1.29 is 18.0 Å². The van der Waals surface area contributed by atoms with E-state index in [1.54, 1.807) is 6.20 Å². The number of imidazole rings is 1. The lowest BCUT2D eigenvalue weighted by Gasteiger charge is -2.35. The van der Waals surface area contributed by atoms with Gasteiger partial charge in [-0.25, -0.2) is 4.98 Å². The molecule has 1 saturated heterocycles. The molecule has 1 aliphatic heterocycles. The zero-order valence-electron chi connectivity index (χ0n) is 19.1. The molecule has 0 unspecified atom stereocenters. The lowest BCUT2D eigenvalue weighted by molar-refractivity contribution is -0.141. The van der Waals surface area contributed by atoms with Crippen LogP contribution >= 0.6 is 0 Å². The van der Waals surface area contributed by atoms with Gasteiger partial charge in [0.15, 0.2) is 5.69 Å². The molecule has 3 aromatic heterocycles. The Labute approximate surface area is 189 Å². The number of piperazine rings is 1. The Morgan fingerprint density at radius 3 is 2.79 bits per heavy atom. The third kappa shape index (κ3) is 4.74. The van der Waals surface area contributed by atoms with Crippen LogP contribution in [0.15, 0.2) is 30.6 Å². The van der Waals surface area contributed by atoms with Crippen LogP contribution in [0.4, 0.5) is 13.2 Å². The molecule has 4 heterocycles. The summed E-state index contributed by atoms with van der Waals surface area (Å²) >= 11 is 0. The lowest BCUT2D eigenvalue weighted by Crippen LogP contribution is -2.59. The number of aryl methyl sites for hydroxylation is 2. The molecule has 2 N–H and O–H groups in total. The Hall–Kier alpha value is -2.92. The normalized spacial score (nSPS) is 18.1. The van der Waals surface area contributed by atoms with E-state index < -0.39 is 23.5 Å². The predicted molar refractivity (Wildman–Crippen MR) is 116 cm³/mol. The molecule has 3 aromatic rings. The summed E-state index contributed by atoms with van der Waals surface area (Å²) in [5.41, 5.74) is 0.875. The second-order valence-electron chi connectivity index (χ2n) is 9.03. The third-order valence-corrected chi connectivity index (χ3v) is 6.01. The number of carbonyl (C=O) groups excluding carboxylic acids is 1. The van der Waals surface area contributed by atoms with Crippen molar-refractivity contribution in [2.45, 2.75) is 45.1 Å². The van der Waals surface area contributed by atoms with E-state index in [0.29, 0.717) is 25.3 Å².